The first-order valence-corrected chi connectivity index (χ1v) is 13.1. The molecule has 0 N–H and O–H groups in total. The lowest BCUT2D eigenvalue weighted by atomic mass is 9.81. The van der Waals surface area contributed by atoms with E-state index >= 15 is 0 Å². The predicted octanol–water partition coefficient (Wildman–Crippen LogP) is 4.63. The average Bonchev–Trinajstić information content (AvgIpc) is 3.43. The fourth-order valence-corrected chi connectivity index (χ4v) is 7.46. The molecule has 3 aliphatic rings. The van der Waals surface area contributed by atoms with Gasteiger partial charge in [-0.2, -0.15) is 0 Å². The zero-order valence-corrected chi connectivity index (χ0v) is 21.8. The molecule has 0 aromatic heterocycles. The maximum atomic E-state index is 13.3. The molecule has 2 bridgehead atoms. The Kier molecular flexibility index (Phi) is 6.01. The highest BCUT2D eigenvalue weighted by atomic mass is 79.9. The van der Waals surface area contributed by atoms with Gasteiger partial charge in [-0.3, -0.25) is 19.3 Å². The number of hydrogen-bond acceptors (Lipinski definition) is 5. The number of nitrogens with zero attached hydrogens (tertiary/aromatic N) is 1. The third-order valence-corrected chi connectivity index (χ3v) is 10.7. The molecule has 34 heavy (non-hydrogen) atoms. The van der Waals surface area contributed by atoms with Gasteiger partial charge in [0, 0.05) is 15.2 Å². The number of carbonyl (C=O) groups excluding carboxylic acids is 4. The van der Waals surface area contributed by atoms with Gasteiger partial charge in [0.15, 0.2) is 12.4 Å². The lowest BCUT2D eigenvalue weighted by molar-refractivity contribution is -0.123. The number of ether oxygens (including phenoxy) is 1. The minimum Gasteiger partial charge on any atom is -0.454 e. The molecule has 0 radical (unpaired) electrons. The van der Waals surface area contributed by atoms with Crippen LogP contribution in [0.15, 0.2) is 42.5 Å². The number of imide groups is 1. The maximum absolute atomic E-state index is 13.3. The minimum absolute atomic E-state index is 0.116. The Morgan fingerprint density at radius 2 is 1.56 bits per heavy atom. The van der Waals surface area contributed by atoms with Crippen molar-refractivity contribution in [2.75, 3.05) is 11.5 Å². The van der Waals surface area contributed by atoms with Crippen molar-refractivity contribution in [2.45, 2.75) is 29.9 Å². The van der Waals surface area contributed by atoms with Crippen molar-refractivity contribution in [2.24, 2.45) is 23.7 Å². The Hall–Kier alpha value is -2.32. The topological polar surface area (TPSA) is 80.8 Å². The molecule has 1 heterocycles. The number of anilines is 1. The van der Waals surface area contributed by atoms with E-state index in [1.54, 1.807) is 30.3 Å². The second kappa shape index (κ2) is 8.72. The van der Waals surface area contributed by atoms with Gasteiger partial charge in [0.1, 0.15) is 0 Å². The predicted molar refractivity (Wildman–Crippen MR) is 133 cm³/mol. The number of Topliss-reactive ketones (excluding diaryl/α,β-unsaturated/α-hetero) is 1. The van der Waals surface area contributed by atoms with E-state index in [4.69, 9.17) is 4.74 Å². The van der Waals surface area contributed by atoms with Gasteiger partial charge in [0.2, 0.25) is 11.8 Å². The van der Waals surface area contributed by atoms with Crippen molar-refractivity contribution >= 4 is 61.1 Å². The fourth-order valence-electron chi connectivity index (χ4n) is 5.59. The van der Waals surface area contributed by atoms with Crippen LogP contribution in [0.4, 0.5) is 5.69 Å². The average molecular weight is 589 g/mol. The third kappa shape index (κ3) is 3.66. The van der Waals surface area contributed by atoms with Gasteiger partial charge >= 0.3 is 5.97 Å². The molecule has 2 aromatic rings. The smallest absolute Gasteiger partial charge is 0.338 e. The Bertz CT molecular complexity index is 1200. The van der Waals surface area contributed by atoms with Crippen LogP contribution in [-0.4, -0.2) is 39.8 Å². The third-order valence-electron chi connectivity index (χ3n) is 7.49. The summed E-state index contributed by atoms with van der Waals surface area (Å²) in [5, 5.41) is 0. The molecule has 176 valence electrons. The highest BCUT2D eigenvalue weighted by Crippen LogP contribution is 2.60. The molecular formula is C26H23Br2NO5. The van der Waals surface area contributed by atoms with Gasteiger partial charge in [-0.15, -0.1) is 0 Å². The second-order valence-corrected chi connectivity index (χ2v) is 11.5. The van der Waals surface area contributed by atoms with Crippen LogP contribution in [-0.2, 0) is 14.3 Å². The second-order valence-electron chi connectivity index (χ2n) is 9.36. The number of carbonyl (C=O) groups is 4. The number of amides is 2. The van der Waals surface area contributed by atoms with Crippen LogP contribution in [0.25, 0.3) is 0 Å². The summed E-state index contributed by atoms with van der Waals surface area (Å²) in [5.41, 5.74) is 3.08. The Morgan fingerprint density at radius 1 is 0.912 bits per heavy atom. The fraction of sp³-hybridized carbons (Fsp3) is 0.385. The molecule has 2 saturated carbocycles. The molecule has 2 amide bonds. The quantitative estimate of drug-likeness (QED) is 0.220. The summed E-state index contributed by atoms with van der Waals surface area (Å²) in [6.07, 6.45) is 0.855. The van der Waals surface area contributed by atoms with Crippen molar-refractivity contribution in [1.29, 1.82) is 0 Å². The summed E-state index contributed by atoms with van der Waals surface area (Å²) >= 11 is 7.37. The number of aryl methyl sites for hydroxylation is 2. The van der Waals surface area contributed by atoms with Crippen LogP contribution < -0.4 is 4.90 Å². The summed E-state index contributed by atoms with van der Waals surface area (Å²) in [6.45, 7) is 3.49. The molecule has 2 aromatic carbocycles. The summed E-state index contributed by atoms with van der Waals surface area (Å²) in [7, 11) is 0. The zero-order valence-electron chi connectivity index (χ0n) is 18.7. The molecule has 5 rings (SSSR count). The lowest BCUT2D eigenvalue weighted by Gasteiger charge is -2.28. The minimum atomic E-state index is -0.681. The van der Waals surface area contributed by atoms with Crippen molar-refractivity contribution in [3.63, 3.8) is 0 Å². The van der Waals surface area contributed by atoms with Gasteiger partial charge in [-0.05, 0) is 67.5 Å². The van der Waals surface area contributed by atoms with Crippen LogP contribution in [0.3, 0.4) is 0 Å². The van der Waals surface area contributed by atoms with Crippen molar-refractivity contribution < 1.29 is 23.9 Å². The van der Waals surface area contributed by atoms with Gasteiger partial charge < -0.3 is 4.74 Å². The van der Waals surface area contributed by atoms with Crippen molar-refractivity contribution in [3.05, 3.63) is 64.7 Å². The summed E-state index contributed by atoms with van der Waals surface area (Å²) in [5.74, 6) is -1.82. The van der Waals surface area contributed by atoms with E-state index in [1.807, 2.05) is 19.9 Å². The van der Waals surface area contributed by atoms with E-state index in [-0.39, 0.29) is 63.1 Å². The summed E-state index contributed by atoms with van der Waals surface area (Å²) in [6, 6.07) is 11.6. The molecular weight excluding hydrogens is 566 g/mol. The van der Waals surface area contributed by atoms with Gasteiger partial charge in [0.05, 0.1) is 23.1 Å². The van der Waals surface area contributed by atoms with Gasteiger partial charge in [0.25, 0.3) is 0 Å². The number of benzene rings is 2. The Morgan fingerprint density at radius 3 is 2.18 bits per heavy atom. The van der Waals surface area contributed by atoms with Crippen molar-refractivity contribution in [1.82, 2.24) is 0 Å². The standard InChI is InChI=1S/C26H23Br2NO5/c1-12-6-7-14(8-13(12)2)19(30)11-34-26(33)15-4-3-5-16(9-15)29-24(31)20-17-10-18(21(20)25(29)32)23(28)22(17)27/h3-9,17-18,20-23H,10-11H2,1-2H3/t17-,18-,20-,21-,22+,23+/m1/s1. The molecule has 6 nitrogen and oxygen atoms in total. The van der Waals surface area contributed by atoms with E-state index in [9.17, 15) is 19.2 Å². The number of rotatable bonds is 5. The molecule has 0 spiro atoms. The number of hydrogen-bond donors (Lipinski definition) is 0. The van der Waals surface area contributed by atoms with Crippen LogP contribution >= 0.6 is 31.9 Å². The highest BCUT2D eigenvalue weighted by molar-refractivity contribution is 9.12. The number of alkyl halides is 2. The molecule has 1 aliphatic heterocycles. The number of fused-ring (bicyclic) bond motifs is 5. The van der Waals surface area contributed by atoms with E-state index in [0.717, 1.165) is 17.5 Å². The molecule has 2 aliphatic carbocycles. The molecule has 6 atom stereocenters. The number of ketones is 1. The van der Waals surface area contributed by atoms with Crippen molar-refractivity contribution in [3.8, 4) is 0 Å². The number of halogens is 2. The zero-order chi connectivity index (χ0) is 24.3. The SMILES string of the molecule is Cc1ccc(C(=O)COC(=O)c2cccc(N3C(=O)[C@@H]4[C@H]5C[C@@H]([C@H](Br)[C@H]5Br)[C@H]4C3=O)c2)cc1C. The monoisotopic (exact) mass is 587 g/mol. The molecule has 0 unspecified atom stereocenters. The van der Waals surface area contributed by atoms with Crippen LogP contribution in [0, 0.1) is 37.5 Å². The van der Waals surface area contributed by atoms with E-state index < -0.39 is 5.97 Å². The highest BCUT2D eigenvalue weighted by Gasteiger charge is 2.66. The lowest BCUT2D eigenvalue weighted by Crippen LogP contribution is -2.37. The van der Waals surface area contributed by atoms with E-state index in [1.165, 1.54) is 11.0 Å². The number of esters is 1. The van der Waals surface area contributed by atoms with Gasteiger partial charge in [-0.25, -0.2) is 4.79 Å². The Balaban J connectivity index is 1.30. The summed E-state index contributed by atoms with van der Waals surface area (Å²) < 4.78 is 5.24. The van der Waals surface area contributed by atoms with E-state index in [2.05, 4.69) is 31.9 Å². The van der Waals surface area contributed by atoms with E-state index in [0.29, 0.717) is 11.3 Å². The van der Waals surface area contributed by atoms with Gasteiger partial charge in [-0.1, -0.05) is 50.1 Å². The first kappa shape index (κ1) is 23.4. The Labute approximate surface area is 214 Å². The normalized spacial score (nSPS) is 29.5. The summed E-state index contributed by atoms with van der Waals surface area (Å²) in [4.78, 5) is 53.1. The first-order valence-electron chi connectivity index (χ1n) is 11.2. The first-order chi connectivity index (χ1) is 16.2. The molecule has 1 saturated heterocycles. The van der Waals surface area contributed by atoms with Crippen LogP contribution in [0.5, 0.6) is 0 Å². The van der Waals surface area contributed by atoms with Crippen LogP contribution in [0.1, 0.15) is 38.3 Å². The largest absolute Gasteiger partial charge is 0.454 e. The molecule has 8 heteroatoms. The van der Waals surface area contributed by atoms with Crippen LogP contribution in [0.2, 0.25) is 0 Å². The molecule has 3 fully saturated rings. The maximum Gasteiger partial charge on any atom is 0.338 e.